The van der Waals surface area contributed by atoms with Gasteiger partial charge in [0.15, 0.2) is 0 Å². The molecule has 0 bridgehead atoms. The first-order valence-corrected chi connectivity index (χ1v) is 5.15. The Balaban J connectivity index is 2.88. The zero-order valence-corrected chi connectivity index (χ0v) is 9.14. The first kappa shape index (κ1) is 12.1. The molecular weight excluding hydrogens is 204 g/mol. The molecule has 1 aromatic rings. The number of hydrogen-bond donors (Lipinski definition) is 1. The summed E-state index contributed by atoms with van der Waals surface area (Å²) in [5.74, 6) is 2.58. The Hall–Kier alpha value is -2.02. The lowest BCUT2D eigenvalue weighted by molar-refractivity contribution is -0.384. The van der Waals surface area contributed by atoms with Gasteiger partial charge in [0.1, 0.15) is 5.69 Å². The number of nitro benzene ring substituents is 1. The number of nitro groups is 1. The summed E-state index contributed by atoms with van der Waals surface area (Å²) in [6.45, 7) is 2.02. The van der Waals surface area contributed by atoms with Crippen molar-refractivity contribution in [1.82, 2.24) is 0 Å². The summed E-state index contributed by atoms with van der Waals surface area (Å²) in [6, 6.07) is 6.34. The van der Waals surface area contributed by atoms with Gasteiger partial charge in [-0.05, 0) is 12.5 Å². The standard InChI is InChI=1S/C12H14N2O2/c1-3-7-10(4-2)13-11-8-5-6-9-12(11)14(15)16/h2,5-6,8-10,13H,3,7H2,1H3. The molecule has 1 aromatic carbocycles. The van der Waals surface area contributed by atoms with Gasteiger partial charge in [-0.2, -0.15) is 0 Å². The van der Waals surface area contributed by atoms with Crippen molar-refractivity contribution in [3.63, 3.8) is 0 Å². The van der Waals surface area contributed by atoms with E-state index in [9.17, 15) is 10.1 Å². The molecule has 0 heterocycles. The summed E-state index contributed by atoms with van der Waals surface area (Å²) < 4.78 is 0. The van der Waals surface area contributed by atoms with Crippen LogP contribution in [0.1, 0.15) is 19.8 Å². The molecule has 1 rings (SSSR count). The van der Waals surface area contributed by atoms with E-state index in [1.54, 1.807) is 18.2 Å². The Bertz CT molecular complexity index is 410. The van der Waals surface area contributed by atoms with Crippen LogP contribution in [0.5, 0.6) is 0 Å². The van der Waals surface area contributed by atoms with Gasteiger partial charge in [0.05, 0.1) is 11.0 Å². The molecule has 4 heteroatoms. The van der Waals surface area contributed by atoms with Gasteiger partial charge < -0.3 is 5.32 Å². The fourth-order valence-corrected chi connectivity index (χ4v) is 1.43. The van der Waals surface area contributed by atoms with Gasteiger partial charge >= 0.3 is 0 Å². The van der Waals surface area contributed by atoms with Crippen LogP contribution in [0.2, 0.25) is 0 Å². The largest absolute Gasteiger partial charge is 0.366 e. The molecule has 0 saturated heterocycles. The third kappa shape index (κ3) is 2.99. The van der Waals surface area contributed by atoms with E-state index in [-0.39, 0.29) is 11.7 Å². The van der Waals surface area contributed by atoms with Gasteiger partial charge in [0, 0.05) is 6.07 Å². The molecule has 0 radical (unpaired) electrons. The Kier molecular flexibility index (Phi) is 4.34. The van der Waals surface area contributed by atoms with Crippen LogP contribution >= 0.6 is 0 Å². The minimum atomic E-state index is -0.415. The van der Waals surface area contributed by atoms with Crippen molar-refractivity contribution >= 4 is 11.4 Å². The summed E-state index contributed by atoms with van der Waals surface area (Å²) in [6.07, 6.45) is 7.08. The highest BCUT2D eigenvalue weighted by molar-refractivity contribution is 5.62. The highest BCUT2D eigenvalue weighted by Crippen LogP contribution is 2.24. The van der Waals surface area contributed by atoms with Crippen LogP contribution < -0.4 is 5.32 Å². The smallest absolute Gasteiger partial charge is 0.292 e. The summed E-state index contributed by atoms with van der Waals surface area (Å²) in [7, 11) is 0. The van der Waals surface area contributed by atoms with Crippen molar-refractivity contribution < 1.29 is 4.92 Å². The number of para-hydroxylation sites is 2. The van der Waals surface area contributed by atoms with Gasteiger partial charge in [-0.3, -0.25) is 10.1 Å². The summed E-state index contributed by atoms with van der Waals surface area (Å²) in [5.41, 5.74) is 0.530. The van der Waals surface area contributed by atoms with E-state index >= 15 is 0 Å². The molecule has 0 fully saturated rings. The van der Waals surface area contributed by atoms with Crippen molar-refractivity contribution in [2.24, 2.45) is 0 Å². The molecule has 0 aliphatic heterocycles. The SMILES string of the molecule is C#CC(CCC)Nc1ccccc1[N+](=O)[O-]. The lowest BCUT2D eigenvalue weighted by Crippen LogP contribution is -2.17. The fraction of sp³-hybridized carbons (Fsp3) is 0.333. The number of hydrogen-bond acceptors (Lipinski definition) is 3. The average molecular weight is 218 g/mol. The lowest BCUT2D eigenvalue weighted by atomic mass is 10.1. The van der Waals surface area contributed by atoms with E-state index < -0.39 is 4.92 Å². The van der Waals surface area contributed by atoms with E-state index in [2.05, 4.69) is 11.2 Å². The van der Waals surface area contributed by atoms with E-state index in [0.29, 0.717) is 5.69 Å². The molecule has 0 aliphatic carbocycles. The molecule has 0 aliphatic rings. The number of rotatable bonds is 5. The predicted molar refractivity (Wildman–Crippen MR) is 64.2 cm³/mol. The molecule has 4 nitrogen and oxygen atoms in total. The maximum Gasteiger partial charge on any atom is 0.292 e. The second kappa shape index (κ2) is 5.76. The molecule has 1 unspecified atom stereocenters. The summed E-state index contributed by atoms with van der Waals surface area (Å²) in [4.78, 5) is 10.3. The molecule has 16 heavy (non-hydrogen) atoms. The minimum absolute atomic E-state index is 0.0545. The van der Waals surface area contributed by atoms with Crippen molar-refractivity contribution in [2.75, 3.05) is 5.32 Å². The monoisotopic (exact) mass is 218 g/mol. The number of nitrogens with one attached hydrogen (secondary N) is 1. The maximum atomic E-state index is 10.8. The minimum Gasteiger partial charge on any atom is -0.366 e. The first-order chi connectivity index (χ1) is 7.69. The Morgan fingerprint density at radius 3 is 2.81 bits per heavy atom. The van der Waals surface area contributed by atoms with E-state index in [1.807, 2.05) is 6.92 Å². The van der Waals surface area contributed by atoms with Crippen molar-refractivity contribution in [3.05, 3.63) is 34.4 Å². The quantitative estimate of drug-likeness (QED) is 0.469. The van der Waals surface area contributed by atoms with Crippen molar-refractivity contribution in [2.45, 2.75) is 25.8 Å². The molecule has 0 saturated carbocycles. The molecule has 1 N–H and O–H groups in total. The Labute approximate surface area is 94.8 Å². The van der Waals surface area contributed by atoms with Crippen LogP contribution in [-0.4, -0.2) is 11.0 Å². The van der Waals surface area contributed by atoms with Gasteiger partial charge in [0.2, 0.25) is 0 Å². The predicted octanol–water partition coefficient (Wildman–Crippen LogP) is 2.81. The molecule has 0 spiro atoms. The van der Waals surface area contributed by atoms with Crippen LogP contribution in [0.3, 0.4) is 0 Å². The Morgan fingerprint density at radius 1 is 1.56 bits per heavy atom. The van der Waals surface area contributed by atoms with Crippen molar-refractivity contribution in [3.8, 4) is 12.3 Å². The zero-order valence-electron chi connectivity index (χ0n) is 9.14. The zero-order chi connectivity index (χ0) is 12.0. The number of anilines is 1. The van der Waals surface area contributed by atoms with E-state index in [1.165, 1.54) is 6.07 Å². The molecule has 0 amide bonds. The average Bonchev–Trinajstić information content (AvgIpc) is 2.29. The molecule has 0 aromatic heterocycles. The normalized spacial score (nSPS) is 11.5. The lowest BCUT2D eigenvalue weighted by Gasteiger charge is -2.13. The second-order valence-electron chi connectivity index (χ2n) is 3.43. The van der Waals surface area contributed by atoms with E-state index in [0.717, 1.165) is 12.8 Å². The maximum absolute atomic E-state index is 10.8. The Morgan fingerprint density at radius 2 is 2.25 bits per heavy atom. The van der Waals surface area contributed by atoms with Gasteiger partial charge in [0.25, 0.3) is 5.69 Å². The van der Waals surface area contributed by atoms with Crippen LogP contribution in [0.15, 0.2) is 24.3 Å². The van der Waals surface area contributed by atoms with Crippen molar-refractivity contribution in [1.29, 1.82) is 0 Å². The second-order valence-corrected chi connectivity index (χ2v) is 3.43. The molecule has 84 valence electrons. The highest BCUT2D eigenvalue weighted by Gasteiger charge is 2.14. The van der Waals surface area contributed by atoms with Crippen LogP contribution in [-0.2, 0) is 0 Å². The molecule has 1 atom stereocenters. The summed E-state index contributed by atoms with van der Waals surface area (Å²) >= 11 is 0. The molecular formula is C12H14N2O2. The fourth-order valence-electron chi connectivity index (χ4n) is 1.43. The first-order valence-electron chi connectivity index (χ1n) is 5.15. The number of terminal acetylenes is 1. The summed E-state index contributed by atoms with van der Waals surface area (Å²) in [5, 5.41) is 13.8. The topological polar surface area (TPSA) is 55.2 Å². The third-order valence-corrected chi connectivity index (χ3v) is 2.21. The van der Waals surface area contributed by atoms with Crippen LogP contribution in [0.25, 0.3) is 0 Å². The number of nitrogens with zero attached hydrogens (tertiary/aromatic N) is 1. The van der Waals surface area contributed by atoms with E-state index in [4.69, 9.17) is 6.42 Å². The van der Waals surface area contributed by atoms with Crippen LogP contribution in [0.4, 0.5) is 11.4 Å². The van der Waals surface area contributed by atoms with Gasteiger partial charge in [-0.25, -0.2) is 0 Å². The number of benzene rings is 1. The third-order valence-electron chi connectivity index (χ3n) is 2.21. The highest BCUT2D eigenvalue weighted by atomic mass is 16.6. The van der Waals surface area contributed by atoms with Gasteiger partial charge in [-0.15, -0.1) is 6.42 Å². The van der Waals surface area contributed by atoms with Crippen LogP contribution in [0, 0.1) is 22.5 Å². The van der Waals surface area contributed by atoms with Gasteiger partial charge in [-0.1, -0.05) is 31.4 Å².